The van der Waals surface area contributed by atoms with Gasteiger partial charge >= 0.3 is 10.5 Å². The number of halogens is 6. The van der Waals surface area contributed by atoms with Crippen molar-refractivity contribution in [3.8, 4) is 0 Å². The first-order valence-electron chi connectivity index (χ1n) is 2.29. The maximum absolute atomic E-state index is 12.3. The number of hydrogen-bond acceptors (Lipinski definition) is 1. The van der Waals surface area contributed by atoms with E-state index in [4.69, 9.17) is 23.2 Å². The van der Waals surface area contributed by atoms with Crippen LogP contribution in [-0.2, 0) is 0 Å². The van der Waals surface area contributed by atoms with Gasteiger partial charge in [0.05, 0.1) is 0 Å². The Morgan fingerprint density at radius 2 is 1.18 bits per heavy atom. The van der Waals surface area contributed by atoms with Crippen LogP contribution in [-0.4, -0.2) is 10.5 Å². The first-order valence-corrected chi connectivity index (χ1v) is 3.86. The Bertz CT molecular complexity index is 202. The monoisotopic (exact) mass is 226 g/mol. The van der Waals surface area contributed by atoms with Crippen LogP contribution in [0, 0.1) is 0 Å². The molecule has 11 heavy (non-hydrogen) atoms. The van der Waals surface area contributed by atoms with Crippen molar-refractivity contribution < 1.29 is 17.6 Å². The van der Waals surface area contributed by atoms with Crippen LogP contribution in [0.4, 0.5) is 17.6 Å². The van der Waals surface area contributed by atoms with Gasteiger partial charge in [-0.3, -0.25) is 0 Å². The highest BCUT2D eigenvalue weighted by Gasteiger charge is 2.58. The molecule has 0 fully saturated rings. The SMILES string of the molecule is FC1(F)SC(F)(F)C(Cl)=C1Cl. The minimum absolute atomic E-state index is 0.863. The summed E-state index contributed by atoms with van der Waals surface area (Å²) in [5, 5.41) is -10.1. The zero-order valence-electron chi connectivity index (χ0n) is 4.68. The molecule has 0 amide bonds. The largest absolute Gasteiger partial charge is 0.336 e. The van der Waals surface area contributed by atoms with E-state index in [0.717, 1.165) is 0 Å². The van der Waals surface area contributed by atoms with Gasteiger partial charge in [0.25, 0.3) is 0 Å². The van der Waals surface area contributed by atoms with Gasteiger partial charge in [-0.2, -0.15) is 17.6 Å². The van der Waals surface area contributed by atoms with E-state index in [9.17, 15) is 17.6 Å². The average Bonchev–Trinajstić information content (AvgIpc) is 1.91. The van der Waals surface area contributed by atoms with Gasteiger partial charge in [-0.15, -0.1) is 0 Å². The molecular weight excluding hydrogens is 227 g/mol. The molecule has 7 heteroatoms. The third-order valence-electron chi connectivity index (χ3n) is 0.960. The molecule has 0 aliphatic carbocycles. The van der Waals surface area contributed by atoms with Crippen LogP contribution < -0.4 is 0 Å². The van der Waals surface area contributed by atoms with Crippen molar-refractivity contribution in [2.45, 2.75) is 10.5 Å². The predicted octanol–water partition coefficient (Wildman–Crippen LogP) is 3.61. The lowest BCUT2D eigenvalue weighted by atomic mass is 10.5. The summed E-state index contributed by atoms with van der Waals surface area (Å²) in [5.74, 6) is 0. The Balaban J connectivity index is 3.09. The fraction of sp³-hybridized carbons (Fsp3) is 0.500. The Labute approximate surface area is 73.5 Å². The van der Waals surface area contributed by atoms with E-state index in [0.29, 0.717) is 0 Å². The van der Waals surface area contributed by atoms with Gasteiger partial charge in [0.2, 0.25) is 0 Å². The summed E-state index contributed by atoms with van der Waals surface area (Å²) in [6.45, 7) is 0. The highest BCUT2D eigenvalue weighted by atomic mass is 35.5. The Kier molecular flexibility index (Phi) is 2.10. The molecule has 64 valence electrons. The Morgan fingerprint density at radius 1 is 0.909 bits per heavy atom. The maximum Gasteiger partial charge on any atom is 0.336 e. The summed E-state index contributed by atoms with van der Waals surface area (Å²) in [5.41, 5.74) is 0. The van der Waals surface area contributed by atoms with Gasteiger partial charge in [0.1, 0.15) is 10.1 Å². The van der Waals surface area contributed by atoms with E-state index in [1.807, 2.05) is 0 Å². The van der Waals surface area contributed by atoms with Crippen LogP contribution in [0.5, 0.6) is 0 Å². The van der Waals surface area contributed by atoms with E-state index in [1.165, 1.54) is 0 Å². The predicted molar refractivity (Wildman–Crippen MR) is 36.2 cm³/mol. The lowest BCUT2D eigenvalue weighted by Crippen LogP contribution is -2.10. The second-order valence-electron chi connectivity index (χ2n) is 1.76. The zero-order chi connectivity index (χ0) is 8.86. The van der Waals surface area contributed by atoms with Crippen LogP contribution >= 0.6 is 35.0 Å². The molecule has 0 radical (unpaired) electrons. The lowest BCUT2D eigenvalue weighted by Gasteiger charge is -2.09. The summed E-state index contributed by atoms with van der Waals surface area (Å²) in [6, 6.07) is 0. The summed E-state index contributed by atoms with van der Waals surface area (Å²) in [7, 11) is 0. The molecule has 0 saturated carbocycles. The molecule has 0 N–H and O–H groups in total. The normalized spacial score (nSPS) is 27.8. The van der Waals surface area contributed by atoms with E-state index >= 15 is 0 Å². The molecule has 1 heterocycles. The summed E-state index contributed by atoms with van der Waals surface area (Å²) < 4.78 is 49.2. The molecular formula is C4Cl2F4S. The average molecular weight is 227 g/mol. The van der Waals surface area contributed by atoms with Crippen molar-refractivity contribution in [3.05, 3.63) is 10.1 Å². The summed E-state index contributed by atoms with van der Waals surface area (Å²) in [4.78, 5) is 0. The van der Waals surface area contributed by atoms with E-state index < -0.39 is 32.3 Å². The van der Waals surface area contributed by atoms with Gasteiger partial charge in [-0.25, -0.2) is 0 Å². The molecule has 0 aromatic heterocycles. The third kappa shape index (κ3) is 1.46. The van der Waals surface area contributed by atoms with E-state index in [-0.39, 0.29) is 0 Å². The Hall–Kier alpha value is 0.390. The molecule has 0 spiro atoms. The fourth-order valence-electron chi connectivity index (χ4n) is 0.506. The summed E-state index contributed by atoms with van der Waals surface area (Å²) >= 11 is 8.81. The van der Waals surface area contributed by atoms with Crippen molar-refractivity contribution in [3.63, 3.8) is 0 Å². The number of thioether (sulfide) groups is 1. The van der Waals surface area contributed by atoms with Crippen molar-refractivity contribution in [1.29, 1.82) is 0 Å². The quantitative estimate of drug-likeness (QED) is 0.569. The van der Waals surface area contributed by atoms with Crippen LogP contribution in [0.2, 0.25) is 0 Å². The molecule has 1 rings (SSSR count). The molecule has 0 atom stereocenters. The topological polar surface area (TPSA) is 0 Å². The number of hydrogen-bond donors (Lipinski definition) is 0. The maximum atomic E-state index is 12.3. The molecule has 0 bridgehead atoms. The van der Waals surface area contributed by atoms with Crippen molar-refractivity contribution in [2.24, 2.45) is 0 Å². The van der Waals surface area contributed by atoms with Crippen molar-refractivity contribution >= 4 is 35.0 Å². The highest BCUT2D eigenvalue weighted by molar-refractivity contribution is 8.02. The van der Waals surface area contributed by atoms with Crippen LogP contribution in [0.25, 0.3) is 0 Å². The summed E-state index contributed by atoms with van der Waals surface area (Å²) in [6.07, 6.45) is 0. The van der Waals surface area contributed by atoms with Gasteiger partial charge in [-0.05, 0) is 11.8 Å². The van der Waals surface area contributed by atoms with Gasteiger partial charge in [0, 0.05) is 0 Å². The second-order valence-corrected chi connectivity index (χ2v) is 3.75. The molecule has 0 aromatic carbocycles. The molecule has 0 unspecified atom stereocenters. The molecule has 0 saturated heterocycles. The van der Waals surface area contributed by atoms with Crippen molar-refractivity contribution in [2.75, 3.05) is 0 Å². The fourth-order valence-corrected chi connectivity index (χ4v) is 1.79. The molecule has 0 aromatic rings. The van der Waals surface area contributed by atoms with Crippen molar-refractivity contribution in [1.82, 2.24) is 0 Å². The molecule has 1 aliphatic rings. The smallest absolute Gasteiger partial charge is 0.187 e. The highest BCUT2D eigenvalue weighted by Crippen LogP contribution is 2.59. The minimum atomic E-state index is -3.76. The van der Waals surface area contributed by atoms with Gasteiger partial charge in [-0.1, -0.05) is 23.2 Å². The molecule has 1 aliphatic heterocycles. The van der Waals surface area contributed by atoms with Crippen LogP contribution in [0.1, 0.15) is 0 Å². The molecule has 0 nitrogen and oxygen atoms in total. The first-order chi connectivity index (χ1) is 4.77. The van der Waals surface area contributed by atoms with Crippen LogP contribution in [0.3, 0.4) is 0 Å². The van der Waals surface area contributed by atoms with E-state index in [2.05, 4.69) is 0 Å². The van der Waals surface area contributed by atoms with Gasteiger partial charge < -0.3 is 0 Å². The van der Waals surface area contributed by atoms with E-state index in [1.54, 1.807) is 0 Å². The number of rotatable bonds is 0. The second kappa shape index (κ2) is 2.44. The third-order valence-corrected chi connectivity index (χ3v) is 3.05. The van der Waals surface area contributed by atoms with Crippen LogP contribution in [0.15, 0.2) is 10.1 Å². The Morgan fingerprint density at radius 3 is 1.27 bits per heavy atom. The zero-order valence-corrected chi connectivity index (χ0v) is 7.00. The lowest BCUT2D eigenvalue weighted by molar-refractivity contribution is 0.142. The number of alkyl halides is 4. The minimum Gasteiger partial charge on any atom is -0.187 e. The first kappa shape index (κ1) is 9.48. The van der Waals surface area contributed by atoms with Gasteiger partial charge in [0.15, 0.2) is 0 Å². The standard InChI is InChI=1S/C4Cl2F4S/c5-1-2(6)4(9,10)11-3(1,7)8.